The summed E-state index contributed by atoms with van der Waals surface area (Å²) < 4.78 is 290. The van der Waals surface area contributed by atoms with Crippen molar-refractivity contribution in [3.63, 3.8) is 0 Å². The predicted molar refractivity (Wildman–Crippen MR) is 167 cm³/mol. The van der Waals surface area contributed by atoms with Gasteiger partial charge in [0.25, 0.3) is 35.5 Å². The van der Waals surface area contributed by atoms with Gasteiger partial charge in [0.1, 0.15) is 0 Å². The maximum Gasteiger partial charge on any atom is 0.415 e. The van der Waals surface area contributed by atoms with Gasteiger partial charge in [0.15, 0.2) is 11.7 Å². The van der Waals surface area contributed by atoms with Gasteiger partial charge < -0.3 is 0 Å². The molecule has 0 N–H and O–H groups in total. The topological polar surface area (TPSA) is 41.8 Å². The highest BCUT2D eigenvalue weighted by Gasteiger charge is 2.52. The number of allylic oxidation sites excluding steroid dienone is 4. The standard InChI is InChI=1S/C28H33F20N2OPS2/c1-5-23(35,36)19(29)15(27(43,44)45)11-17(25(39,40)13-21(3,31)32)49-7-9-52-54(51,53)10-8-50-18(26(41,42)14-22(4,33)34)12-16(28(46,47)48)20(30)24(37,38)6-2/h52H,5-14H2,1-4H3/b19-15?,20-16-,49-17?,50-18?. The van der Waals surface area contributed by atoms with E-state index in [0.717, 1.165) is 0 Å². The Morgan fingerprint density at radius 1 is 0.574 bits per heavy atom. The minimum absolute atomic E-state index is 0.0900. The summed E-state index contributed by atoms with van der Waals surface area (Å²) in [7, 11) is -5.15. The van der Waals surface area contributed by atoms with E-state index in [2.05, 4.69) is 9.98 Å². The first-order valence-corrected chi connectivity index (χ1v) is 19.6. The van der Waals surface area contributed by atoms with Gasteiger partial charge in [-0.05, 0) is 39.0 Å². The number of hydrogen-bond donors (Lipinski definition) is 0. The second kappa shape index (κ2) is 18.7. The van der Waals surface area contributed by atoms with Gasteiger partial charge in [-0.3, -0.25) is 14.2 Å². The van der Waals surface area contributed by atoms with E-state index < -0.39 is 162 Å². The summed E-state index contributed by atoms with van der Waals surface area (Å²) in [5, 5.41) is 0. The van der Waals surface area contributed by atoms with E-state index in [0.29, 0.717) is 13.8 Å². The summed E-state index contributed by atoms with van der Waals surface area (Å²) in [6, 6.07) is 0. The van der Waals surface area contributed by atoms with Crippen molar-refractivity contribution < 1.29 is 92.0 Å². The molecule has 0 saturated heterocycles. The molecule has 0 aromatic rings. The number of aliphatic imine (C=N–C) groups is 2. The zero-order valence-corrected chi connectivity index (χ0v) is 30.9. The average Bonchev–Trinajstić information content (AvgIpc) is 2.93. The number of alkyl halides is 18. The highest BCUT2D eigenvalue weighted by atomic mass is 33.1. The molecule has 0 radical (unpaired) electrons. The highest BCUT2D eigenvalue weighted by Crippen LogP contribution is 2.44. The first-order chi connectivity index (χ1) is 23.7. The van der Waals surface area contributed by atoms with Crippen molar-refractivity contribution in [3.8, 4) is 0 Å². The van der Waals surface area contributed by atoms with Crippen LogP contribution in [0.4, 0.5) is 87.8 Å². The molecule has 0 fully saturated rings. The van der Waals surface area contributed by atoms with Gasteiger partial charge in [-0.1, -0.05) is 13.8 Å². The van der Waals surface area contributed by atoms with Crippen LogP contribution in [0.5, 0.6) is 0 Å². The van der Waals surface area contributed by atoms with Crippen molar-refractivity contribution >= 4 is 38.5 Å². The summed E-state index contributed by atoms with van der Waals surface area (Å²) in [6.07, 6.45) is -26.1. The van der Waals surface area contributed by atoms with Crippen molar-refractivity contribution in [1.82, 2.24) is 0 Å². The first-order valence-electron chi connectivity index (χ1n) is 15.0. The van der Waals surface area contributed by atoms with E-state index in [1.165, 1.54) is 0 Å². The zero-order chi connectivity index (χ0) is 43.2. The van der Waals surface area contributed by atoms with Crippen LogP contribution in [-0.2, 0) is 19.3 Å². The minimum Gasteiger partial charge on any atom is -0.287 e. The largest absolute Gasteiger partial charge is 0.415 e. The van der Waals surface area contributed by atoms with Crippen LogP contribution in [0, 0.1) is 0 Å². The molecular weight excluding hydrogens is 855 g/mol. The summed E-state index contributed by atoms with van der Waals surface area (Å²) in [6.45, 7) is -1.62. The molecule has 0 spiro atoms. The number of hydrogen-bond acceptors (Lipinski definition) is 4. The van der Waals surface area contributed by atoms with Crippen LogP contribution in [0.3, 0.4) is 0 Å². The maximum atomic E-state index is 14.7. The fourth-order valence-corrected chi connectivity index (χ4v) is 7.92. The predicted octanol–water partition coefficient (Wildman–Crippen LogP) is 12.0. The Bertz CT molecular complexity index is 1500. The number of halogens is 20. The molecule has 2 atom stereocenters. The number of rotatable bonds is 21. The van der Waals surface area contributed by atoms with Crippen LogP contribution in [0.15, 0.2) is 32.8 Å². The lowest BCUT2D eigenvalue weighted by Gasteiger charge is -2.25. The third kappa shape index (κ3) is 17.6. The SMILES string of the molecule is CCC(F)(F)C(F)=C(CC(=NCCPS(=O)(=S)CCN=C(C/C(=C(/F)C(F)(F)CC)C(F)(F)F)C(F)(F)CC(C)(F)F)C(F)(F)CC(C)(F)F)C(F)(F)F. The maximum absolute atomic E-state index is 14.7. The molecule has 3 nitrogen and oxygen atoms in total. The second-order valence-electron chi connectivity index (χ2n) is 11.8. The molecule has 318 valence electrons. The Morgan fingerprint density at radius 2 is 0.889 bits per heavy atom. The smallest absolute Gasteiger partial charge is 0.287 e. The molecule has 0 aliphatic heterocycles. The van der Waals surface area contributed by atoms with Crippen molar-refractivity contribution in [1.29, 1.82) is 0 Å². The van der Waals surface area contributed by atoms with Gasteiger partial charge in [-0.2, -0.15) is 61.5 Å². The highest BCUT2D eigenvalue weighted by molar-refractivity contribution is 8.64. The summed E-state index contributed by atoms with van der Waals surface area (Å²) in [4.78, 5) is 5.99. The second-order valence-corrected chi connectivity index (χ2v) is 19.6. The van der Waals surface area contributed by atoms with E-state index in [1.54, 1.807) is 0 Å². The van der Waals surface area contributed by atoms with E-state index in [4.69, 9.17) is 11.2 Å². The third-order valence-electron chi connectivity index (χ3n) is 6.74. The molecule has 0 aromatic carbocycles. The van der Waals surface area contributed by atoms with Crippen LogP contribution >= 0.6 is 7.78 Å². The molecule has 0 heterocycles. The summed E-state index contributed by atoms with van der Waals surface area (Å²) in [5.41, 5.74) is -10.1. The molecule has 0 bridgehead atoms. The molecule has 2 unspecified atom stereocenters. The quantitative estimate of drug-likeness (QED) is 0.0499. The normalized spacial score (nSPS) is 17.6. The molecule has 0 aliphatic rings. The molecule has 0 saturated carbocycles. The Balaban J connectivity index is 6.62. The molecule has 0 aromatic heterocycles. The van der Waals surface area contributed by atoms with Crippen LogP contribution in [0.25, 0.3) is 0 Å². The van der Waals surface area contributed by atoms with E-state index in [1.807, 2.05) is 0 Å². The molecule has 0 amide bonds. The Labute approximate surface area is 302 Å². The van der Waals surface area contributed by atoms with E-state index in [-0.39, 0.29) is 13.8 Å². The van der Waals surface area contributed by atoms with Crippen LogP contribution < -0.4 is 0 Å². The van der Waals surface area contributed by atoms with E-state index >= 15 is 0 Å². The lowest BCUT2D eigenvalue weighted by atomic mass is 9.97. The van der Waals surface area contributed by atoms with Crippen LogP contribution in [-0.4, -0.2) is 88.5 Å². The van der Waals surface area contributed by atoms with Crippen molar-refractivity contribution in [2.75, 3.05) is 25.0 Å². The van der Waals surface area contributed by atoms with Gasteiger partial charge in [-0.15, -0.1) is 0 Å². The van der Waals surface area contributed by atoms with Crippen molar-refractivity contribution in [3.05, 3.63) is 22.8 Å². The van der Waals surface area contributed by atoms with E-state index in [9.17, 15) is 92.0 Å². The van der Waals surface area contributed by atoms with Crippen molar-refractivity contribution in [2.24, 2.45) is 9.98 Å². The van der Waals surface area contributed by atoms with Gasteiger partial charge in [0, 0.05) is 46.1 Å². The Morgan fingerprint density at radius 3 is 1.17 bits per heavy atom. The Hall–Kier alpha value is -1.78. The summed E-state index contributed by atoms with van der Waals surface area (Å²) >= 11 is 4.69. The van der Waals surface area contributed by atoms with Crippen molar-refractivity contribution in [2.45, 2.75) is 114 Å². The monoisotopic (exact) mass is 888 g/mol. The average molecular weight is 889 g/mol. The summed E-state index contributed by atoms with van der Waals surface area (Å²) in [5.74, 6) is -35.9. The first kappa shape index (κ1) is 52.2. The fourth-order valence-electron chi connectivity index (χ4n) is 4.04. The molecule has 0 rings (SSSR count). The van der Waals surface area contributed by atoms with Gasteiger partial charge in [0.05, 0.1) is 42.0 Å². The Kier molecular flexibility index (Phi) is 18.0. The minimum atomic E-state index is -6.07. The lowest BCUT2D eigenvalue weighted by Crippen LogP contribution is -2.37. The number of nitrogens with zero attached hydrogens (tertiary/aromatic N) is 2. The van der Waals surface area contributed by atoms with Crippen LogP contribution in [0.1, 0.15) is 66.2 Å². The third-order valence-corrected chi connectivity index (χ3v) is 12.4. The molecular formula is C28H33F20N2OPS2. The molecule has 54 heavy (non-hydrogen) atoms. The van der Waals surface area contributed by atoms with Gasteiger partial charge >= 0.3 is 12.4 Å². The molecule has 26 heteroatoms. The zero-order valence-electron chi connectivity index (χ0n) is 28.2. The molecule has 0 aliphatic carbocycles. The lowest BCUT2D eigenvalue weighted by molar-refractivity contribution is -0.102. The fraction of sp³-hybridized carbons (Fsp3) is 0.786. The van der Waals surface area contributed by atoms with Gasteiger partial charge in [-0.25, -0.2) is 26.3 Å². The van der Waals surface area contributed by atoms with Crippen LogP contribution in [0.2, 0.25) is 0 Å². The van der Waals surface area contributed by atoms with Gasteiger partial charge in [0.2, 0.25) is 0 Å².